The molecule has 0 aliphatic carbocycles. The first-order valence-electron chi connectivity index (χ1n) is 4.08. The summed E-state index contributed by atoms with van der Waals surface area (Å²) in [7, 11) is -3.90. The van der Waals surface area contributed by atoms with Gasteiger partial charge in [-0.3, -0.25) is 4.55 Å². The molecule has 1 atom stereocenters. The van der Waals surface area contributed by atoms with E-state index in [-0.39, 0.29) is 24.2 Å². The second-order valence-electron chi connectivity index (χ2n) is 2.89. The third kappa shape index (κ3) is 4.96. The smallest absolute Gasteiger partial charge is 0.264 e. The van der Waals surface area contributed by atoms with E-state index in [0.717, 1.165) is 0 Å². The number of halogens is 1. The van der Waals surface area contributed by atoms with Crippen LogP contribution in [-0.2, 0) is 10.1 Å². The van der Waals surface area contributed by atoms with Crippen molar-refractivity contribution in [2.24, 2.45) is 0 Å². The van der Waals surface area contributed by atoms with Crippen LogP contribution in [0.5, 0.6) is 0 Å². The molecule has 1 rings (SSSR count). The van der Waals surface area contributed by atoms with Gasteiger partial charge >= 0.3 is 0 Å². The Morgan fingerprint density at radius 2 is 2.27 bits per heavy atom. The molecule has 86 valence electrons. The molecule has 0 aromatic carbocycles. The van der Waals surface area contributed by atoms with Gasteiger partial charge in [0.2, 0.25) is 0 Å². The topological polar surface area (TPSA) is 72.2 Å². The van der Waals surface area contributed by atoms with E-state index in [1.165, 1.54) is 0 Å². The second kappa shape index (κ2) is 5.89. The minimum absolute atomic E-state index is 0. The lowest BCUT2D eigenvalue weighted by Gasteiger charge is -2.12. The van der Waals surface area contributed by atoms with Gasteiger partial charge in [-0.2, -0.15) is 8.42 Å². The summed E-state index contributed by atoms with van der Waals surface area (Å²) in [4.78, 5) is 3.84. The maximum absolute atomic E-state index is 10.5. The fourth-order valence-electron chi connectivity index (χ4n) is 1.12. The van der Waals surface area contributed by atoms with Crippen molar-refractivity contribution in [2.75, 3.05) is 5.75 Å². The predicted octanol–water partition coefficient (Wildman–Crippen LogP) is 1.31. The molecule has 1 unspecified atom stereocenters. The third-order valence-electron chi connectivity index (χ3n) is 1.85. The van der Waals surface area contributed by atoms with Crippen LogP contribution in [0.15, 0.2) is 31.4 Å². The molecule has 1 heterocycles. The van der Waals surface area contributed by atoms with Gasteiger partial charge in [0.1, 0.15) is 0 Å². The van der Waals surface area contributed by atoms with Gasteiger partial charge < -0.3 is 4.57 Å². The van der Waals surface area contributed by atoms with Crippen LogP contribution < -0.4 is 0 Å². The summed E-state index contributed by atoms with van der Waals surface area (Å²) >= 11 is 0. The zero-order valence-electron chi connectivity index (χ0n) is 7.98. The summed E-state index contributed by atoms with van der Waals surface area (Å²) in [5.74, 6) is -0.276. The number of hydrogen-bond donors (Lipinski definition) is 1. The summed E-state index contributed by atoms with van der Waals surface area (Å²) in [6.07, 6.45) is 6.81. The lowest BCUT2D eigenvalue weighted by Crippen LogP contribution is -2.11. The van der Waals surface area contributed by atoms with Gasteiger partial charge in [-0.25, -0.2) is 4.98 Å². The standard InChI is InChI=1S/C8H12N2O3S.ClH/c1-2-8(3-6-14(11,12)13)10-5-4-9-7-10;/h2,4-5,7-8H,1,3,6H2,(H,11,12,13);1H. The molecule has 0 saturated carbocycles. The van der Waals surface area contributed by atoms with Gasteiger partial charge in [0.05, 0.1) is 18.1 Å². The summed E-state index contributed by atoms with van der Waals surface area (Å²) < 4.78 is 31.3. The van der Waals surface area contributed by atoms with Crippen molar-refractivity contribution in [1.29, 1.82) is 0 Å². The normalized spacial score (nSPS) is 12.9. The van der Waals surface area contributed by atoms with Gasteiger partial charge in [-0.05, 0) is 6.42 Å². The molecule has 5 nitrogen and oxygen atoms in total. The van der Waals surface area contributed by atoms with Crippen LogP contribution in [0.4, 0.5) is 0 Å². The fraction of sp³-hybridized carbons (Fsp3) is 0.375. The van der Waals surface area contributed by atoms with E-state index in [1.54, 1.807) is 29.4 Å². The lowest BCUT2D eigenvalue weighted by molar-refractivity contribution is 0.473. The molecule has 7 heteroatoms. The van der Waals surface area contributed by atoms with Gasteiger partial charge in [-0.15, -0.1) is 19.0 Å². The van der Waals surface area contributed by atoms with Crippen LogP contribution in [-0.4, -0.2) is 28.3 Å². The van der Waals surface area contributed by atoms with Crippen molar-refractivity contribution in [3.8, 4) is 0 Å². The quantitative estimate of drug-likeness (QED) is 0.634. The molecule has 1 aromatic heterocycles. The highest BCUT2D eigenvalue weighted by Gasteiger charge is 2.11. The van der Waals surface area contributed by atoms with E-state index in [2.05, 4.69) is 11.6 Å². The Morgan fingerprint density at radius 3 is 2.67 bits per heavy atom. The summed E-state index contributed by atoms with van der Waals surface area (Å²) in [6.45, 7) is 3.59. The maximum atomic E-state index is 10.5. The summed E-state index contributed by atoms with van der Waals surface area (Å²) in [5.41, 5.74) is 0. The summed E-state index contributed by atoms with van der Waals surface area (Å²) in [6, 6.07) is -0.153. The number of rotatable bonds is 5. The van der Waals surface area contributed by atoms with Crippen LogP contribution in [0.3, 0.4) is 0 Å². The highest BCUT2D eigenvalue weighted by Crippen LogP contribution is 2.12. The highest BCUT2D eigenvalue weighted by molar-refractivity contribution is 7.85. The van der Waals surface area contributed by atoms with E-state index in [4.69, 9.17) is 4.55 Å². The Balaban J connectivity index is 0.00000196. The molecule has 0 radical (unpaired) electrons. The van der Waals surface area contributed by atoms with Crippen LogP contribution in [0.25, 0.3) is 0 Å². The lowest BCUT2D eigenvalue weighted by atomic mass is 10.2. The number of nitrogens with zero attached hydrogens (tertiary/aromatic N) is 2. The monoisotopic (exact) mass is 252 g/mol. The van der Waals surface area contributed by atoms with Crippen molar-refractivity contribution in [1.82, 2.24) is 9.55 Å². The van der Waals surface area contributed by atoms with E-state index < -0.39 is 10.1 Å². The first-order valence-corrected chi connectivity index (χ1v) is 5.69. The largest absolute Gasteiger partial charge is 0.331 e. The second-order valence-corrected chi connectivity index (χ2v) is 4.46. The zero-order chi connectivity index (χ0) is 10.6. The molecule has 1 aromatic rings. The first-order chi connectivity index (χ1) is 6.53. The molecular weight excluding hydrogens is 240 g/mol. The minimum atomic E-state index is -3.90. The van der Waals surface area contributed by atoms with Crippen molar-refractivity contribution in [3.63, 3.8) is 0 Å². The Morgan fingerprint density at radius 1 is 1.60 bits per heavy atom. The molecule has 0 amide bonds. The molecule has 0 spiro atoms. The molecule has 15 heavy (non-hydrogen) atoms. The van der Waals surface area contributed by atoms with Crippen molar-refractivity contribution in [3.05, 3.63) is 31.4 Å². The molecule has 1 N–H and O–H groups in total. The van der Waals surface area contributed by atoms with E-state index in [1.807, 2.05) is 0 Å². The Bertz CT molecular complexity index is 388. The van der Waals surface area contributed by atoms with Crippen LogP contribution in [0.1, 0.15) is 12.5 Å². The van der Waals surface area contributed by atoms with E-state index in [9.17, 15) is 8.42 Å². The molecular formula is C8H13ClN2O3S. The molecule has 0 aliphatic rings. The number of hydrogen-bond acceptors (Lipinski definition) is 3. The van der Waals surface area contributed by atoms with Crippen LogP contribution >= 0.6 is 12.4 Å². The molecule has 0 bridgehead atoms. The summed E-state index contributed by atoms with van der Waals surface area (Å²) in [5, 5.41) is 0. The number of allylic oxidation sites excluding steroid dienone is 1. The molecule has 0 saturated heterocycles. The van der Waals surface area contributed by atoms with Crippen molar-refractivity contribution in [2.45, 2.75) is 12.5 Å². The number of aromatic nitrogens is 2. The molecule has 0 fully saturated rings. The van der Waals surface area contributed by atoms with Crippen LogP contribution in [0, 0.1) is 0 Å². The highest BCUT2D eigenvalue weighted by atomic mass is 35.5. The first kappa shape index (κ1) is 14.2. The Hall–Kier alpha value is -0.850. The Labute approximate surface area is 95.0 Å². The minimum Gasteiger partial charge on any atom is -0.331 e. The maximum Gasteiger partial charge on any atom is 0.264 e. The zero-order valence-corrected chi connectivity index (χ0v) is 9.62. The fourth-order valence-corrected chi connectivity index (χ4v) is 1.66. The van der Waals surface area contributed by atoms with Gasteiger partial charge in [-0.1, -0.05) is 6.08 Å². The SMILES string of the molecule is C=CC(CCS(=O)(=O)O)n1ccnc1.Cl. The van der Waals surface area contributed by atoms with E-state index >= 15 is 0 Å². The molecule has 0 aliphatic heterocycles. The predicted molar refractivity (Wildman–Crippen MR) is 59.7 cm³/mol. The van der Waals surface area contributed by atoms with Crippen molar-refractivity contribution < 1.29 is 13.0 Å². The average Bonchev–Trinajstić information content (AvgIpc) is 2.56. The van der Waals surface area contributed by atoms with E-state index in [0.29, 0.717) is 6.42 Å². The average molecular weight is 253 g/mol. The third-order valence-corrected chi connectivity index (χ3v) is 2.60. The van der Waals surface area contributed by atoms with Gasteiger partial charge in [0.15, 0.2) is 0 Å². The van der Waals surface area contributed by atoms with Crippen molar-refractivity contribution >= 4 is 22.5 Å². The Kier molecular flexibility index (Phi) is 5.56. The van der Waals surface area contributed by atoms with Crippen LogP contribution in [0.2, 0.25) is 0 Å². The number of imidazole rings is 1. The van der Waals surface area contributed by atoms with Gasteiger partial charge in [0, 0.05) is 12.4 Å². The van der Waals surface area contributed by atoms with Gasteiger partial charge in [0.25, 0.3) is 10.1 Å².